The van der Waals surface area contributed by atoms with Gasteiger partial charge in [-0.3, -0.25) is 9.69 Å². The second-order valence-electron chi connectivity index (χ2n) is 6.69. The van der Waals surface area contributed by atoms with Crippen molar-refractivity contribution in [3.05, 3.63) is 65.5 Å². The van der Waals surface area contributed by atoms with Crippen LogP contribution in [-0.4, -0.2) is 49.4 Å². The maximum Gasteiger partial charge on any atom is 0.230 e. The van der Waals surface area contributed by atoms with E-state index in [4.69, 9.17) is 4.74 Å². The summed E-state index contributed by atoms with van der Waals surface area (Å²) in [5.74, 6) is 0.00815. The minimum atomic E-state index is -0.270. The first kappa shape index (κ1) is 19.9. The number of carbonyl (C=O) groups is 1. The lowest BCUT2D eigenvalue weighted by molar-refractivity contribution is -0.119. The Balaban J connectivity index is 1.61. The highest BCUT2D eigenvalue weighted by Crippen LogP contribution is 2.20. The van der Waals surface area contributed by atoms with Crippen molar-refractivity contribution in [2.45, 2.75) is 17.9 Å². The molecule has 0 unspecified atom stereocenters. The van der Waals surface area contributed by atoms with E-state index in [-0.39, 0.29) is 17.8 Å². The first-order chi connectivity index (χ1) is 13.1. The van der Waals surface area contributed by atoms with Crippen LogP contribution >= 0.6 is 11.8 Å². The summed E-state index contributed by atoms with van der Waals surface area (Å²) < 4.78 is 18.4. The number of ether oxygens (including phenoxy) is 1. The SMILES string of the molecule is Cc1ccc([C@@H](CN2CCOCC2)NC(=O)CSc2ccc(F)cc2)cc1. The molecule has 1 N–H and O–H groups in total. The molecular formula is C21H25FN2O2S. The average molecular weight is 389 g/mol. The van der Waals surface area contributed by atoms with Crippen molar-refractivity contribution in [2.24, 2.45) is 0 Å². The Morgan fingerprint density at radius 1 is 1.15 bits per heavy atom. The third-order valence-electron chi connectivity index (χ3n) is 4.54. The number of nitrogens with one attached hydrogen (secondary N) is 1. The van der Waals surface area contributed by atoms with E-state index in [1.165, 1.54) is 29.5 Å². The number of amides is 1. The summed E-state index contributed by atoms with van der Waals surface area (Å²) in [4.78, 5) is 15.7. The summed E-state index contributed by atoms with van der Waals surface area (Å²) in [5, 5.41) is 3.17. The van der Waals surface area contributed by atoms with E-state index in [0.717, 1.165) is 43.3 Å². The van der Waals surface area contributed by atoms with Gasteiger partial charge in [-0.2, -0.15) is 0 Å². The molecule has 0 saturated carbocycles. The van der Waals surface area contributed by atoms with E-state index < -0.39 is 0 Å². The number of carbonyl (C=O) groups excluding carboxylic acids is 1. The van der Waals surface area contributed by atoms with Crippen molar-refractivity contribution in [1.29, 1.82) is 0 Å². The second-order valence-corrected chi connectivity index (χ2v) is 7.74. The van der Waals surface area contributed by atoms with Crippen LogP contribution in [0.1, 0.15) is 17.2 Å². The lowest BCUT2D eigenvalue weighted by Gasteiger charge is -2.31. The van der Waals surface area contributed by atoms with Gasteiger partial charge in [0.15, 0.2) is 0 Å². The van der Waals surface area contributed by atoms with E-state index in [2.05, 4.69) is 41.4 Å². The van der Waals surface area contributed by atoms with Gasteiger partial charge >= 0.3 is 0 Å². The number of hydrogen-bond acceptors (Lipinski definition) is 4. The van der Waals surface area contributed by atoms with E-state index in [9.17, 15) is 9.18 Å². The topological polar surface area (TPSA) is 41.6 Å². The normalized spacial score (nSPS) is 16.1. The van der Waals surface area contributed by atoms with E-state index in [1.807, 2.05) is 0 Å². The van der Waals surface area contributed by atoms with Crippen LogP contribution in [0, 0.1) is 12.7 Å². The van der Waals surface area contributed by atoms with Gasteiger partial charge in [0.05, 0.1) is 25.0 Å². The van der Waals surface area contributed by atoms with Crippen LogP contribution in [0.15, 0.2) is 53.4 Å². The molecule has 4 nitrogen and oxygen atoms in total. The number of thioether (sulfide) groups is 1. The van der Waals surface area contributed by atoms with E-state index in [1.54, 1.807) is 12.1 Å². The largest absolute Gasteiger partial charge is 0.379 e. The van der Waals surface area contributed by atoms with Crippen molar-refractivity contribution in [3.8, 4) is 0 Å². The zero-order valence-corrected chi connectivity index (χ0v) is 16.3. The van der Waals surface area contributed by atoms with Crippen LogP contribution in [0.25, 0.3) is 0 Å². The Bertz CT molecular complexity index is 731. The van der Waals surface area contributed by atoms with Gasteiger partial charge in [-0.25, -0.2) is 4.39 Å². The third-order valence-corrected chi connectivity index (χ3v) is 5.56. The molecule has 1 fully saturated rings. The number of nitrogens with zero attached hydrogens (tertiary/aromatic N) is 1. The predicted octanol–water partition coefficient (Wildman–Crippen LogP) is 3.42. The van der Waals surface area contributed by atoms with Crippen molar-refractivity contribution in [2.75, 3.05) is 38.6 Å². The van der Waals surface area contributed by atoms with Gasteiger partial charge in [0.2, 0.25) is 5.91 Å². The van der Waals surface area contributed by atoms with Crippen LogP contribution in [0.3, 0.4) is 0 Å². The Kier molecular flexibility index (Phi) is 7.26. The molecule has 3 rings (SSSR count). The Hall–Kier alpha value is -1.89. The molecule has 1 saturated heterocycles. The molecule has 6 heteroatoms. The van der Waals surface area contributed by atoms with Crippen LogP contribution in [0.2, 0.25) is 0 Å². The predicted molar refractivity (Wildman–Crippen MR) is 106 cm³/mol. The number of hydrogen-bond donors (Lipinski definition) is 1. The molecule has 1 aliphatic rings. The fourth-order valence-electron chi connectivity index (χ4n) is 2.99. The van der Waals surface area contributed by atoms with Gasteiger partial charge in [0, 0.05) is 24.5 Å². The quantitative estimate of drug-likeness (QED) is 0.738. The van der Waals surface area contributed by atoms with Crippen LogP contribution in [0.4, 0.5) is 4.39 Å². The van der Waals surface area contributed by atoms with Gasteiger partial charge in [-0.1, -0.05) is 29.8 Å². The highest BCUT2D eigenvalue weighted by molar-refractivity contribution is 8.00. The zero-order chi connectivity index (χ0) is 19.1. The number of aryl methyl sites for hydroxylation is 1. The van der Waals surface area contributed by atoms with E-state index in [0.29, 0.717) is 5.75 Å². The van der Waals surface area contributed by atoms with Gasteiger partial charge in [0.25, 0.3) is 0 Å². The van der Waals surface area contributed by atoms with Crippen molar-refractivity contribution in [3.63, 3.8) is 0 Å². The molecule has 2 aromatic rings. The van der Waals surface area contributed by atoms with Gasteiger partial charge in [0.1, 0.15) is 5.82 Å². The van der Waals surface area contributed by atoms with E-state index >= 15 is 0 Å². The molecule has 2 aromatic carbocycles. The molecule has 0 bridgehead atoms. The maximum absolute atomic E-state index is 13.0. The fourth-order valence-corrected chi connectivity index (χ4v) is 3.70. The molecular weight excluding hydrogens is 363 g/mol. The minimum Gasteiger partial charge on any atom is -0.379 e. The summed E-state index contributed by atoms with van der Waals surface area (Å²) in [5.41, 5.74) is 2.30. The summed E-state index contributed by atoms with van der Waals surface area (Å²) in [6.07, 6.45) is 0. The fraction of sp³-hybridized carbons (Fsp3) is 0.381. The van der Waals surface area contributed by atoms with Crippen LogP contribution in [-0.2, 0) is 9.53 Å². The third kappa shape index (κ3) is 6.34. The van der Waals surface area contributed by atoms with Gasteiger partial charge in [-0.05, 0) is 36.8 Å². The highest BCUT2D eigenvalue weighted by atomic mass is 32.2. The minimum absolute atomic E-state index is 0.0249. The molecule has 1 heterocycles. The zero-order valence-electron chi connectivity index (χ0n) is 15.5. The number of rotatable bonds is 7. The monoisotopic (exact) mass is 388 g/mol. The molecule has 0 spiro atoms. The first-order valence-electron chi connectivity index (χ1n) is 9.14. The molecule has 1 aliphatic heterocycles. The van der Waals surface area contributed by atoms with Crippen LogP contribution in [0.5, 0.6) is 0 Å². The lowest BCUT2D eigenvalue weighted by atomic mass is 10.0. The number of benzene rings is 2. The second kappa shape index (κ2) is 9.88. The molecule has 1 amide bonds. The highest BCUT2D eigenvalue weighted by Gasteiger charge is 2.20. The lowest BCUT2D eigenvalue weighted by Crippen LogP contribution is -2.43. The summed E-state index contributed by atoms with van der Waals surface area (Å²) in [7, 11) is 0. The Morgan fingerprint density at radius 2 is 1.81 bits per heavy atom. The summed E-state index contributed by atoms with van der Waals surface area (Å²) >= 11 is 1.41. The maximum atomic E-state index is 13.0. The van der Waals surface area contributed by atoms with Crippen molar-refractivity contribution >= 4 is 17.7 Å². The number of halogens is 1. The van der Waals surface area contributed by atoms with Crippen molar-refractivity contribution < 1.29 is 13.9 Å². The standard InChI is InChI=1S/C21H25FN2O2S/c1-16-2-4-17(5-3-16)20(14-24-10-12-26-13-11-24)23-21(25)15-27-19-8-6-18(22)7-9-19/h2-9,20H,10-15H2,1H3,(H,23,25)/t20-/m1/s1. The Morgan fingerprint density at radius 3 is 2.48 bits per heavy atom. The number of morpholine rings is 1. The van der Waals surface area contributed by atoms with Gasteiger partial charge in [-0.15, -0.1) is 11.8 Å². The molecule has 144 valence electrons. The van der Waals surface area contributed by atoms with Gasteiger partial charge < -0.3 is 10.1 Å². The molecule has 1 atom stereocenters. The molecule has 27 heavy (non-hydrogen) atoms. The Labute approximate surface area is 164 Å². The van der Waals surface area contributed by atoms with Crippen LogP contribution < -0.4 is 5.32 Å². The average Bonchev–Trinajstić information content (AvgIpc) is 2.68. The smallest absolute Gasteiger partial charge is 0.230 e. The molecule has 0 aliphatic carbocycles. The van der Waals surface area contributed by atoms with Crippen molar-refractivity contribution in [1.82, 2.24) is 10.2 Å². The first-order valence-corrected chi connectivity index (χ1v) is 10.1. The molecule has 0 radical (unpaired) electrons. The molecule has 0 aromatic heterocycles. The summed E-state index contributed by atoms with van der Waals surface area (Å²) in [6, 6.07) is 14.4. The summed E-state index contributed by atoms with van der Waals surface area (Å²) in [6.45, 7) is 6.03.